The Morgan fingerprint density at radius 3 is 2.72 bits per heavy atom. The minimum absolute atomic E-state index is 0.156. The third-order valence-electron chi connectivity index (χ3n) is 4.68. The Bertz CT molecular complexity index is 1130. The van der Waals surface area contributed by atoms with E-state index in [0.29, 0.717) is 17.9 Å². The molecule has 4 nitrogen and oxygen atoms in total. The van der Waals surface area contributed by atoms with Gasteiger partial charge in [0.1, 0.15) is 10.8 Å². The van der Waals surface area contributed by atoms with E-state index in [4.69, 9.17) is 9.72 Å². The van der Waals surface area contributed by atoms with Crippen LogP contribution in [0.5, 0.6) is 5.75 Å². The van der Waals surface area contributed by atoms with Gasteiger partial charge in [-0.3, -0.25) is 4.79 Å². The summed E-state index contributed by atoms with van der Waals surface area (Å²) >= 11 is 1.66. The van der Waals surface area contributed by atoms with Gasteiger partial charge in [0.25, 0.3) is 5.91 Å². The van der Waals surface area contributed by atoms with Gasteiger partial charge in [0.2, 0.25) is 0 Å². The standard InChI is InChI=1S/C24H22N2O2S/c1-3-14-28-18-9-6-8-17(15-18)23(27)25-20-12-7-10-19(16(20)2)24-26-21-11-4-5-13-22(21)29-24/h4-13,15H,3,14H2,1-2H3,(H,25,27). The van der Waals surface area contributed by atoms with Crippen LogP contribution >= 0.6 is 11.3 Å². The van der Waals surface area contributed by atoms with E-state index in [0.717, 1.165) is 38.5 Å². The molecule has 4 rings (SSSR count). The summed E-state index contributed by atoms with van der Waals surface area (Å²) in [5, 5.41) is 3.99. The van der Waals surface area contributed by atoms with Gasteiger partial charge in [-0.25, -0.2) is 4.98 Å². The summed E-state index contributed by atoms with van der Waals surface area (Å²) in [6, 6.07) is 21.3. The fourth-order valence-corrected chi connectivity index (χ4v) is 4.18. The van der Waals surface area contributed by atoms with Crippen LogP contribution in [0.1, 0.15) is 29.3 Å². The number of ether oxygens (including phenoxy) is 1. The van der Waals surface area contributed by atoms with Gasteiger partial charge in [-0.2, -0.15) is 0 Å². The molecule has 0 unspecified atom stereocenters. The second kappa shape index (κ2) is 8.45. The molecule has 3 aromatic carbocycles. The highest BCUT2D eigenvalue weighted by molar-refractivity contribution is 7.21. The lowest BCUT2D eigenvalue weighted by Crippen LogP contribution is -2.13. The molecule has 0 bridgehead atoms. The molecular formula is C24H22N2O2S. The molecule has 0 saturated carbocycles. The summed E-state index contributed by atoms with van der Waals surface area (Å²) in [5.41, 5.74) is 4.38. The van der Waals surface area contributed by atoms with E-state index in [2.05, 4.69) is 18.3 Å². The minimum Gasteiger partial charge on any atom is -0.494 e. The molecule has 5 heteroatoms. The molecule has 4 aromatic rings. The molecule has 0 radical (unpaired) electrons. The Morgan fingerprint density at radius 1 is 1.07 bits per heavy atom. The first-order valence-electron chi connectivity index (χ1n) is 9.65. The maximum atomic E-state index is 12.8. The number of fused-ring (bicyclic) bond motifs is 1. The zero-order valence-electron chi connectivity index (χ0n) is 16.4. The molecule has 1 N–H and O–H groups in total. The molecule has 0 spiro atoms. The minimum atomic E-state index is -0.156. The molecule has 146 valence electrons. The number of para-hydroxylation sites is 1. The lowest BCUT2D eigenvalue weighted by Gasteiger charge is -2.12. The molecule has 29 heavy (non-hydrogen) atoms. The monoisotopic (exact) mass is 402 g/mol. The van der Waals surface area contributed by atoms with Crippen molar-refractivity contribution in [2.75, 3.05) is 11.9 Å². The topological polar surface area (TPSA) is 51.2 Å². The molecule has 0 aliphatic carbocycles. The number of rotatable bonds is 6. The Morgan fingerprint density at radius 2 is 1.90 bits per heavy atom. The highest BCUT2D eigenvalue weighted by Gasteiger charge is 2.14. The van der Waals surface area contributed by atoms with Crippen molar-refractivity contribution in [3.8, 4) is 16.3 Å². The summed E-state index contributed by atoms with van der Waals surface area (Å²) < 4.78 is 6.79. The number of hydrogen-bond donors (Lipinski definition) is 1. The van der Waals surface area contributed by atoms with Crippen molar-refractivity contribution in [3.63, 3.8) is 0 Å². The van der Waals surface area contributed by atoms with Crippen LogP contribution in [0.15, 0.2) is 66.7 Å². The summed E-state index contributed by atoms with van der Waals surface area (Å²) in [6.07, 6.45) is 0.925. The number of aromatic nitrogens is 1. The van der Waals surface area contributed by atoms with E-state index >= 15 is 0 Å². The predicted molar refractivity (Wildman–Crippen MR) is 120 cm³/mol. The smallest absolute Gasteiger partial charge is 0.255 e. The number of nitrogens with zero attached hydrogens (tertiary/aromatic N) is 1. The van der Waals surface area contributed by atoms with Gasteiger partial charge in [0.15, 0.2) is 0 Å². The second-order valence-corrected chi connectivity index (χ2v) is 7.83. The highest BCUT2D eigenvalue weighted by atomic mass is 32.1. The fraction of sp³-hybridized carbons (Fsp3) is 0.167. The van der Waals surface area contributed by atoms with Crippen molar-refractivity contribution in [3.05, 3.63) is 77.9 Å². The molecule has 1 amide bonds. The largest absolute Gasteiger partial charge is 0.494 e. The average Bonchev–Trinajstić information content (AvgIpc) is 3.18. The van der Waals surface area contributed by atoms with Crippen LogP contribution in [-0.4, -0.2) is 17.5 Å². The first-order valence-corrected chi connectivity index (χ1v) is 10.5. The Labute approximate surface area is 174 Å². The van der Waals surface area contributed by atoms with Crippen LogP contribution in [0.4, 0.5) is 5.69 Å². The van der Waals surface area contributed by atoms with Gasteiger partial charge in [0.05, 0.1) is 16.8 Å². The number of nitrogens with one attached hydrogen (secondary N) is 1. The van der Waals surface area contributed by atoms with Crippen molar-refractivity contribution in [1.82, 2.24) is 4.98 Å². The maximum Gasteiger partial charge on any atom is 0.255 e. The number of thiazole rings is 1. The molecule has 1 heterocycles. The van der Waals surface area contributed by atoms with Crippen LogP contribution in [-0.2, 0) is 0 Å². The van der Waals surface area contributed by atoms with Crippen molar-refractivity contribution < 1.29 is 9.53 Å². The average molecular weight is 403 g/mol. The van der Waals surface area contributed by atoms with Gasteiger partial charge >= 0.3 is 0 Å². The summed E-state index contributed by atoms with van der Waals surface area (Å²) in [7, 11) is 0. The van der Waals surface area contributed by atoms with E-state index in [1.165, 1.54) is 0 Å². The third-order valence-corrected chi connectivity index (χ3v) is 5.75. The molecule has 0 aliphatic rings. The van der Waals surface area contributed by atoms with E-state index in [-0.39, 0.29) is 5.91 Å². The highest BCUT2D eigenvalue weighted by Crippen LogP contribution is 2.34. The van der Waals surface area contributed by atoms with Crippen molar-refractivity contribution >= 4 is 33.1 Å². The SMILES string of the molecule is CCCOc1cccc(C(=O)Nc2cccc(-c3nc4ccccc4s3)c2C)c1. The number of carbonyl (C=O) groups excluding carboxylic acids is 1. The van der Waals surface area contributed by atoms with Crippen LogP contribution in [0, 0.1) is 6.92 Å². The molecule has 0 aliphatic heterocycles. The molecular weight excluding hydrogens is 380 g/mol. The van der Waals surface area contributed by atoms with Gasteiger partial charge in [-0.1, -0.05) is 37.3 Å². The second-order valence-electron chi connectivity index (χ2n) is 6.80. The number of amides is 1. The van der Waals surface area contributed by atoms with Crippen LogP contribution < -0.4 is 10.1 Å². The van der Waals surface area contributed by atoms with E-state index in [1.807, 2.05) is 55.5 Å². The quantitative estimate of drug-likeness (QED) is 0.411. The van der Waals surface area contributed by atoms with Crippen molar-refractivity contribution in [2.45, 2.75) is 20.3 Å². The first-order chi connectivity index (χ1) is 14.2. The molecule has 0 atom stereocenters. The van der Waals surface area contributed by atoms with Crippen LogP contribution in [0.25, 0.3) is 20.8 Å². The Kier molecular flexibility index (Phi) is 5.58. The molecule has 0 fully saturated rings. The summed E-state index contributed by atoms with van der Waals surface area (Å²) in [4.78, 5) is 17.6. The fourth-order valence-electron chi connectivity index (χ4n) is 3.13. The van der Waals surface area contributed by atoms with Crippen molar-refractivity contribution in [1.29, 1.82) is 0 Å². The number of carbonyl (C=O) groups is 1. The van der Waals surface area contributed by atoms with Gasteiger partial charge in [0, 0.05) is 16.8 Å². The predicted octanol–water partition coefficient (Wildman–Crippen LogP) is 6.31. The number of hydrogen-bond acceptors (Lipinski definition) is 4. The Hall–Kier alpha value is -3.18. The summed E-state index contributed by atoms with van der Waals surface area (Å²) in [6.45, 7) is 4.70. The van der Waals surface area contributed by atoms with Gasteiger partial charge in [-0.05, 0) is 55.3 Å². The molecule has 0 saturated heterocycles. The normalized spacial score (nSPS) is 10.8. The van der Waals surface area contributed by atoms with Crippen LogP contribution in [0.2, 0.25) is 0 Å². The van der Waals surface area contributed by atoms with E-state index in [1.54, 1.807) is 23.5 Å². The van der Waals surface area contributed by atoms with E-state index in [9.17, 15) is 4.79 Å². The number of benzene rings is 3. The maximum absolute atomic E-state index is 12.8. The van der Waals surface area contributed by atoms with Gasteiger partial charge < -0.3 is 10.1 Å². The lowest BCUT2D eigenvalue weighted by atomic mass is 10.1. The number of anilines is 1. The lowest BCUT2D eigenvalue weighted by molar-refractivity contribution is 0.102. The van der Waals surface area contributed by atoms with Crippen LogP contribution in [0.3, 0.4) is 0 Å². The Balaban J connectivity index is 1.60. The van der Waals surface area contributed by atoms with Crippen molar-refractivity contribution in [2.24, 2.45) is 0 Å². The zero-order chi connectivity index (χ0) is 20.2. The molecule has 1 aromatic heterocycles. The summed E-state index contributed by atoms with van der Waals surface area (Å²) in [5.74, 6) is 0.552. The van der Waals surface area contributed by atoms with Gasteiger partial charge in [-0.15, -0.1) is 11.3 Å². The zero-order valence-corrected chi connectivity index (χ0v) is 17.3. The first kappa shape index (κ1) is 19.2. The van der Waals surface area contributed by atoms with E-state index < -0.39 is 0 Å². The third kappa shape index (κ3) is 4.15.